The Balaban J connectivity index is -0.000000320. The van der Waals surface area contributed by atoms with Gasteiger partial charge in [-0.05, 0) is 0 Å². The van der Waals surface area contributed by atoms with E-state index >= 15 is 0 Å². The number of halogens is 1. The van der Waals surface area contributed by atoms with Crippen LogP contribution in [-0.2, 0) is 9.59 Å². The molecule has 0 amide bonds. The number of nitrogens with two attached hydrogens (primary N) is 1. The molecule has 7 heteroatoms. The zero-order valence-electron chi connectivity index (χ0n) is 5.61. The number of carboxylic acid groups (broad SMARTS) is 2. The molecule has 0 fully saturated rings. The average molecular weight is 208 g/mol. The Morgan fingerprint density at radius 3 is 1.82 bits per heavy atom. The minimum absolute atomic E-state index is 0. The molecule has 0 spiro atoms. The maximum absolute atomic E-state index is 9.71. The van der Waals surface area contributed by atoms with Crippen molar-refractivity contribution in [3.8, 4) is 0 Å². The van der Waals surface area contributed by atoms with E-state index in [9.17, 15) is 19.8 Å². The van der Waals surface area contributed by atoms with Crippen LogP contribution in [0.15, 0.2) is 0 Å². The molecule has 0 rings (SSSR count). The Morgan fingerprint density at radius 1 is 1.36 bits per heavy atom. The van der Waals surface area contributed by atoms with Crippen LogP contribution in [0.4, 0.5) is 0 Å². The van der Waals surface area contributed by atoms with E-state index in [4.69, 9.17) is 5.73 Å². The smallest absolute Gasteiger partial charge is 0.550 e. The molecular formula is C4H6CaClNO4. The maximum atomic E-state index is 9.71. The summed E-state index contributed by atoms with van der Waals surface area (Å²) >= 11 is 0. The number of hydrogen-bond donors (Lipinski definition) is 1. The fourth-order valence-electron chi connectivity index (χ4n) is 0.263. The van der Waals surface area contributed by atoms with E-state index in [0.29, 0.717) is 0 Å². The quantitative estimate of drug-likeness (QED) is 0.479. The largest absolute Gasteiger partial charge is 2.00 e. The first-order valence-corrected chi connectivity index (χ1v) is 2.20. The fraction of sp³-hybridized carbons (Fsp3) is 0.500. The number of aliphatic carboxylic acids is 2. The summed E-state index contributed by atoms with van der Waals surface area (Å²) in [6.45, 7) is 0. The van der Waals surface area contributed by atoms with Crippen LogP contribution in [0, 0.1) is 0 Å². The number of carbonyl (C=O) groups is 2. The van der Waals surface area contributed by atoms with Crippen molar-refractivity contribution in [3.05, 3.63) is 0 Å². The second-order valence-electron chi connectivity index (χ2n) is 1.50. The van der Waals surface area contributed by atoms with Crippen LogP contribution in [0.3, 0.4) is 0 Å². The van der Waals surface area contributed by atoms with Gasteiger partial charge in [-0.1, -0.05) is 0 Å². The van der Waals surface area contributed by atoms with Gasteiger partial charge in [0, 0.05) is 18.4 Å². The van der Waals surface area contributed by atoms with Gasteiger partial charge in [0.15, 0.2) is 0 Å². The molecule has 0 aliphatic carbocycles. The summed E-state index contributed by atoms with van der Waals surface area (Å²) in [5.74, 6) is -3.08. The summed E-state index contributed by atoms with van der Waals surface area (Å²) in [5.41, 5.74) is 4.73. The molecule has 1 unspecified atom stereocenters. The van der Waals surface area contributed by atoms with Crippen molar-refractivity contribution in [2.75, 3.05) is 0 Å². The van der Waals surface area contributed by atoms with Crippen LogP contribution in [0.5, 0.6) is 0 Å². The topological polar surface area (TPSA) is 106 Å². The van der Waals surface area contributed by atoms with Crippen molar-refractivity contribution < 1.29 is 19.8 Å². The molecule has 0 radical (unpaired) electrons. The first kappa shape index (κ1) is 17.5. The van der Waals surface area contributed by atoms with Gasteiger partial charge in [-0.25, -0.2) is 0 Å². The molecule has 0 aliphatic rings. The summed E-state index contributed by atoms with van der Waals surface area (Å²) in [7, 11) is 0. The second-order valence-corrected chi connectivity index (χ2v) is 1.50. The van der Waals surface area contributed by atoms with E-state index in [1.165, 1.54) is 0 Å². The van der Waals surface area contributed by atoms with E-state index in [2.05, 4.69) is 0 Å². The molecule has 0 aromatic carbocycles. The van der Waals surface area contributed by atoms with Gasteiger partial charge in [0.1, 0.15) is 0 Å². The minimum atomic E-state index is -1.58. The van der Waals surface area contributed by atoms with Gasteiger partial charge >= 0.3 is 37.7 Å². The summed E-state index contributed by atoms with van der Waals surface area (Å²) in [6, 6.07) is -1.46. The normalized spacial score (nSPS) is 10.3. The molecule has 2 N–H and O–H groups in total. The molecule has 0 saturated heterocycles. The Hall–Kier alpha value is 0.450. The van der Waals surface area contributed by atoms with Crippen molar-refractivity contribution in [1.29, 1.82) is 0 Å². The van der Waals surface area contributed by atoms with Crippen LogP contribution >= 0.6 is 12.4 Å². The van der Waals surface area contributed by atoms with Gasteiger partial charge in [-0.2, -0.15) is 0 Å². The molecular weight excluding hydrogens is 202 g/mol. The van der Waals surface area contributed by atoms with E-state index in [0.717, 1.165) is 0 Å². The summed E-state index contributed by atoms with van der Waals surface area (Å²) in [4.78, 5) is 19.3. The van der Waals surface area contributed by atoms with Gasteiger partial charge in [0.2, 0.25) is 0 Å². The Kier molecular flexibility index (Phi) is 13.6. The van der Waals surface area contributed by atoms with Gasteiger partial charge in [-0.3, -0.25) is 0 Å². The first-order chi connectivity index (χ1) is 4.04. The number of carbonyl (C=O) groups excluding carboxylic acids is 2. The molecule has 60 valence electrons. The number of hydrogen-bond acceptors (Lipinski definition) is 5. The fourth-order valence-corrected chi connectivity index (χ4v) is 0.263. The van der Waals surface area contributed by atoms with Crippen LogP contribution in [0.25, 0.3) is 0 Å². The van der Waals surface area contributed by atoms with Crippen LogP contribution < -0.4 is 15.9 Å². The van der Waals surface area contributed by atoms with Crippen LogP contribution in [-0.4, -0.2) is 55.7 Å². The SMILES string of the molecule is Cl.NC(CC(=O)[O-])C(=O)[O-].[Ca+2]. The first-order valence-electron chi connectivity index (χ1n) is 2.20. The molecule has 11 heavy (non-hydrogen) atoms. The predicted molar refractivity (Wildman–Crippen MR) is 35.6 cm³/mol. The van der Waals surface area contributed by atoms with Crippen LogP contribution in [0.1, 0.15) is 6.42 Å². The average Bonchev–Trinajstić information content (AvgIpc) is 1.63. The molecule has 0 bridgehead atoms. The predicted octanol–water partition coefficient (Wildman–Crippen LogP) is -3.76. The summed E-state index contributed by atoms with van der Waals surface area (Å²) in [6.07, 6.45) is -0.706. The maximum Gasteiger partial charge on any atom is 2.00 e. The standard InChI is InChI=1S/C4H7NO4.Ca.ClH/c5-2(4(8)9)1-3(6)7;;/h2H,1,5H2,(H,6,7)(H,8,9);;1H/q;+2;/p-2. The van der Waals surface area contributed by atoms with Crippen molar-refractivity contribution in [2.24, 2.45) is 5.73 Å². The summed E-state index contributed by atoms with van der Waals surface area (Å²) < 4.78 is 0. The summed E-state index contributed by atoms with van der Waals surface area (Å²) in [5, 5.41) is 19.3. The third-order valence-corrected chi connectivity index (χ3v) is 0.689. The van der Waals surface area contributed by atoms with Crippen molar-refractivity contribution >= 4 is 62.1 Å². The van der Waals surface area contributed by atoms with Gasteiger partial charge in [0.25, 0.3) is 0 Å². The molecule has 0 aliphatic heterocycles. The zero-order chi connectivity index (χ0) is 7.44. The second kappa shape index (κ2) is 8.55. The van der Waals surface area contributed by atoms with Crippen molar-refractivity contribution in [3.63, 3.8) is 0 Å². The molecule has 1 atom stereocenters. The third kappa shape index (κ3) is 10.4. The number of carboxylic acids is 2. The Bertz CT molecular complexity index is 142. The van der Waals surface area contributed by atoms with Gasteiger partial charge in [0.05, 0.1) is 5.97 Å². The van der Waals surface area contributed by atoms with Crippen LogP contribution in [0.2, 0.25) is 0 Å². The molecule has 0 aromatic rings. The Labute approximate surface area is 99.4 Å². The third-order valence-electron chi connectivity index (χ3n) is 0.689. The minimum Gasteiger partial charge on any atom is -0.550 e. The molecule has 0 heterocycles. The molecule has 0 saturated carbocycles. The number of rotatable bonds is 3. The molecule has 5 nitrogen and oxygen atoms in total. The van der Waals surface area contributed by atoms with Crippen molar-refractivity contribution in [2.45, 2.75) is 12.5 Å². The van der Waals surface area contributed by atoms with E-state index < -0.39 is 24.4 Å². The van der Waals surface area contributed by atoms with Crippen molar-refractivity contribution in [1.82, 2.24) is 0 Å². The monoisotopic (exact) mass is 207 g/mol. The van der Waals surface area contributed by atoms with Gasteiger partial charge in [-0.15, -0.1) is 12.4 Å². The van der Waals surface area contributed by atoms with E-state index in [1.54, 1.807) is 0 Å². The van der Waals surface area contributed by atoms with E-state index in [-0.39, 0.29) is 50.1 Å². The zero-order valence-corrected chi connectivity index (χ0v) is 8.64. The van der Waals surface area contributed by atoms with Gasteiger partial charge < -0.3 is 25.5 Å². The Morgan fingerprint density at radius 2 is 1.73 bits per heavy atom. The molecule has 0 aromatic heterocycles. The van der Waals surface area contributed by atoms with E-state index in [1.807, 2.05) is 0 Å².